The lowest BCUT2D eigenvalue weighted by molar-refractivity contribution is 0.216. The van der Waals surface area contributed by atoms with Crippen LogP contribution in [0.1, 0.15) is 19.6 Å². The van der Waals surface area contributed by atoms with E-state index in [1.165, 1.54) is 0 Å². The van der Waals surface area contributed by atoms with Crippen LogP contribution in [0.3, 0.4) is 0 Å². The van der Waals surface area contributed by atoms with Crippen LogP contribution in [0.15, 0.2) is 45.5 Å². The molecule has 22 heavy (non-hydrogen) atoms. The SMILES string of the molecule is CC(C)Oc1ccc(NC(=O)N(C)Cc2ccc(Br)o2)cc1. The average molecular weight is 367 g/mol. The molecule has 2 amide bonds. The smallest absolute Gasteiger partial charge is 0.321 e. The Morgan fingerprint density at radius 1 is 1.27 bits per heavy atom. The van der Waals surface area contributed by atoms with Crippen LogP contribution in [-0.2, 0) is 6.54 Å². The molecule has 0 spiro atoms. The van der Waals surface area contributed by atoms with Crippen molar-refractivity contribution in [3.8, 4) is 5.75 Å². The van der Waals surface area contributed by atoms with Gasteiger partial charge in [0.15, 0.2) is 4.67 Å². The van der Waals surface area contributed by atoms with Gasteiger partial charge in [0.2, 0.25) is 0 Å². The van der Waals surface area contributed by atoms with E-state index in [4.69, 9.17) is 9.15 Å². The number of halogens is 1. The van der Waals surface area contributed by atoms with E-state index in [1.54, 1.807) is 18.0 Å². The molecule has 0 bridgehead atoms. The van der Waals surface area contributed by atoms with Gasteiger partial charge in [-0.1, -0.05) is 0 Å². The summed E-state index contributed by atoms with van der Waals surface area (Å²) < 4.78 is 11.6. The predicted molar refractivity (Wildman–Crippen MR) is 89.1 cm³/mol. The van der Waals surface area contributed by atoms with E-state index in [0.717, 1.165) is 5.75 Å². The second kappa shape index (κ2) is 7.35. The van der Waals surface area contributed by atoms with E-state index in [2.05, 4.69) is 21.2 Å². The van der Waals surface area contributed by atoms with Gasteiger partial charge in [-0.05, 0) is 66.2 Å². The number of hydrogen-bond acceptors (Lipinski definition) is 3. The van der Waals surface area contributed by atoms with Crippen LogP contribution >= 0.6 is 15.9 Å². The minimum atomic E-state index is -0.204. The van der Waals surface area contributed by atoms with Gasteiger partial charge in [-0.2, -0.15) is 0 Å². The Bertz CT molecular complexity index is 623. The van der Waals surface area contributed by atoms with Gasteiger partial charge < -0.3 is 19.4 Å². The molecule has 1 aromatic heterocycles. The molecular weight excluding hydrogens is 348 g/mol. The Balaban J connectivity index is 1.90. The molecule has 5 nitrogen and oxygen atoms in total. The molecule has 0 aliphatic heterocycles. The van der Waals surface area contributed by atoms with Crippen molar-refractivity contribution in [1.82, 2.24) is 4.90 Å². The molecule has 0 radical (unpaired) electrons. The van der Waals surface area contributed by atoms with E-state index < -0.39 is 0 Å². The van der Waals surface area contributed by atoms with Crippen molar-refractivity contribution >= 4 is 27.6 Å². The van der Waals surface area contributed by atoms with Crippen LogP contribution in [0.5, 0.6) is 5.75 Å². The lowest BCUT2D eigenvalue weighted by atomic mass is 10.3. The first-order valence-electron chi connectivity index (χ1n) is 6.97. The van der Waals surface area contributed by atoms with E-state index in [0.29, 0.717) is 22.7 Å². The summed E-state index contributed by atoms with van der Waals surface area (Å²) in [6.45, 7) is 4.33. The first-order chi connectivity index (χ1) is 10.4. The molecular formula is C16H19BrN2O3. The highest BCUT2D eigenvalue weighted by Gasteiger charge is 2.11. The van der Waals surface area contributed by atoms with Crippen LogP contribution in [0, 0.1) is 0 Å². The fraction of sp³-hybridized carbons (Fsp3) is 0.312. The lowest BCUT2D eigenvalue weighted by Gasteiger charge is -2.17. The number of anilines is 1. The topological polar surface area (TPSA) is 54.7 Å². The normalized spacial score (nSPS) is 10.6. The summed E-state index contributed by atoms with van der Waals surface area (Å²) in [7, 11) is 1.71. The van der Waals surface area contributed by atoms with Gasteiger partial charge in [-0.3, -0.25) is 0 Å². The molecule has 6 heteroatoms. The fourth-order valence-electron chi connectivity index (χ4n) is 1.85. The maximum Gasteiger partial charge on any atom is 0.321 e. The third-order valence-corrected chi connectivity index (χ3v) is 3.27. The summed E-state index contributed by atoms with van der Waals surface area (Å²) in [5.41, 5.74) is 0.716. The molecule has 2 aromatic rings. The molecule has 0 saturated heterocycles. The highest BCUT2D eigenvalue weighted by molar-refractivity contribution is 9.10. The number of nitrogens with one attached hydrogen (secondary N) is 1. The van der Waals surface area contributed by atoms with Crippen molar-refractivity contribution in [2.45, 2.75) is 26.5 Å². The molecule has 0 atom stereocenters. The number of hydrogen-bond donors (Lipinski definition) is 1. The van der Waals surface area contributed by atoms with Crippen molar-refractivity contribution in [2.24, 2.45) is 0 Å². The highest BCUT2D eigenvalue weighted by atomic mass is 79.9. The van der Waals surface area contributed by atoms with Crippen LogP contribution < -0.4 is 10.1 Å². The zero-order valence-electron chi connectivity index (χ0n) is 12.8. The van der Waals surface area contributed by atoms with Gasteiger partial charge in [0.25, 0.3) is 0 Å². The van der Waals surface area contributed by atoms with E-state index in [-0.39, 0.29) is 12.1 Å². The van der Waals surface area contributed by atoms with Crippen LogP contribution in [-0.4, -0.2) is 24.1 Å². The number of furan rings is 1. The summed E-state index contributed by atoms with van der Waals surface area (Å²) in [6, 6.07) is 10.7. The number of rotatable bonds is 5. The molecule has 0 saturated carbocycles. The molecule has 1 aromatic carbocycles. The quantitative estimate of drug-likeness (QED) is 0.847. The van der Waals surface area contributed by atoms with E-state index in [9.17, 15) is 4.79 Å². The maximum atomic E-state index is 12.1. The molecule has 1 N–H and O–H groups in total. The Labute approximate surface area is 138 Å². The van der Waals surface area contributed by atoms with Crippen molar-refractivity contribution in [2.75, 3.05) is 12.4 Å². The lowest BCUT2D eigenvalue weighted by Crippen LogP contribution is -2.30. The van der Waals surface area contributed by atoms with Crippen LogP contribution in [0.4, 0.5) is 10.5 Å². The molecule has 1 heterocycles. The number of urea groups is 1. The van der Waals surface area contributed by atoms with E-state index >= 15 is 0 Å². The number of carbonyl (C=O) groups is 1. The Morgan fingerprint density at radius 3 is 2.50 bits per heavy atom. The number of carbonyl (C=O) groups excluding carboxylic acids is 1. The van der Waals surface area contributed by atoms with Crippen molar-refractivity contribution in [3.63, 3.8) is 0 Å². The second-order valence-electron chi connectivity index (χ2n) is 5.18. The van der Waals surface area contributed by atoms with E-state index in [1.807, 2.05) is 44.2 Å². The summed E-state index contributed by atoms with van der Waals surface area (Å²) in [4.78, 5) is 13.7. The molecule has 0 unspecified atom stereocenters. The predicted octanol–water partition coefficient (Wildman–Crippen LogP) is 4.49. The average Bonchev–Trinajstić information content (AvgIpc) is 2.85. The summed E-state index contributed by atoms with van der Waals surface area (Å²) >= 11 is 3.24. The fourth-order valence-corrected chi connectivity index (χ4v) is 2.19. The number of amides is 2. The summed E-state index contributed by atoms with van der Waals surface area (Å²) in [5, 5.41) is 2.83. The molecule has 0 aliphatic carbocycles. The van der Waals surface area contributed by atoms with Crippen molar-refractivity contribution in [3.05, 3.63) is 46.8 Å². The first kappa shape index (κ1) is 16.4. The van der Waals surface area contributed by atoms with Gasteiger partial charge >= 0.3 is 6.03 Å². The molecule has 118 valence electrons. The zero-order chi connectivity index (χ0) is 16.1. The number of ether oxygens (including phenoxy) is 1. The molecule has 0 aliphatic rings. The van der Waals surface area contributed by atoms with Crippen molar-refractivity contribution < 1.29 is 13.9 Å². The van der Waals surface area contributed by atoms with Gasteiger partial charge in [0.1, 0.15) is 11.5 Å². The third kappa shape index (κ3) is 4.80. The van der Waals surface area contributed by atoms with Gasteiger partial charge in [-0.15, -0.1) is 0 Å². The minimum absolute atomic E-state index is 0.124. The second-order valence-corrected chi connectivity index (χ2v) is 5.96. The molecule has 2 rings (SSSR count). The van der Waals surface area contributed by atoms with Gasteiger partial charge in [-0.25, -0.2) is 4.79 Å². The van der Waals surface area contributed by atoms with Crippen LogP contribution in [0.2, 0.25) is 0 Å². The van der Waals surface area contributed by atoms with Gasteiger partial charge in [0, 0.05) is 12.7 Å². The third-order valence-electron chi connectivity index (χ3n) is 2.85. The highest BCUT2D eigenvalue weighted by Crippen LogP contribution is 2.18. The number of nitrogens with zero attached hydrogens (tertiary/aromatic N) is 1. The van der Waals surface area contributed by atoms with Crippen molar-refractivity contribution in [1.29, 1.82) is 0 Å². The maximum absolute atomic E-state index is 12.1. The van der Waals surface area contributed by atoms with Crippen LogP contribution in [0.25, 0.3) is 0 Å². The van der Waals surface area contributed by atoms with Gasteiger partial charge in [0.05, 0.1) is 12.6 Å². The standard InChI is InChI=1S/C16H19BrN2O3/c1-11(2)21-13-6-4-12(5-7-13)18-16(20)19(3)10-14-8-9-15(17)22-14/h4-9,11H,10H2,1-3H3,(H,18,20). The Kier molecular flexibility index (Phi) is 5.49. The largest absolute Gasteiger partial charge is 0.491 e. The summed E-state index contributed by atoms with van der Waals surface area (Å²) in [6.07, 6.45) is 0.124. The number of benzene rings is 1. The minimum Gasteiger partial charge on any atom is -0.491 e. The Hall–Kier alpha value is -1.95. The summed E-state index contributed by atoms with van der Waals surface area (Å²) in [5.74, 6) is 1.49. The first-order valence-corrected chi connectivity index (χ1v) is 7.76. The Morgan fingerprint density at radius 2 is 1.95 bits per heavy atom. The monoisotopic (exact) mass is 366 g/mol. The zero-order valence-corrected chi connectivity index (χ0v) is 14.4. The molecule has 0 fully saturated rings.